The predicted octanol–water partition coefficient (Wildman–Crippen LogP) is 7.25. The highest BCUT2D eigenvalue weighted by molar-refractivity contribution is 5.61. The van der Waals surface area contributed by atoms with Crippen LogP contribution in [0.5, 0.6) is 17.2 Å². The molecule has 0 unspecified atom stereocenters. The molecule has 0 aromatic heterocycles. The van der Waals surface area contributed by atoms with Crippen LogP contribution in [0, 0.1) is 64.5 Å². The molecule has 0 aliphatic heterocycles. The van der Waals surface area contributed by atoms with Gasteiger partial charge in [-0.2, -0.15) is 15.8 Å². The second kappa shape index (κ2) is 14.4. The minimum atomic E-state index is -0.609. The molecular weight excluding hydrogens is 494 g/mol. The molecule has 9 nitrogen and oxygen atoms in total. The van der Waals surface area contributed by atoms with Gasteiger partial charge in [-0.25, -0.2) is 4.85 Å². The van der Waals surface area contributed by atoms with E-state index in [4.69, 9.17) is 32.2 Å². The first-order valence-electron chi connectivity index (χ1n) is 11.2. The third kappa shape index (κ3) is 9.09. The minimum absolute atomic E-state index is 0.0247. The van der Waals surface area contributed by atoms with Gasteiger partial charge in [0.25, 0.3) is 5.69 Å². The molecular formula is C30H21N5O4. The summed E-state index contributed by atoms with van der Waals surface area (Å²) in [7, 11) is 0. The molecule has 0 atom stereocenters. The van der Waals surface area contributed by atoms with Gasteiger partial charge in [-0.1, -0.05) is 30.3 Å². The van der Waals surface area contributed by atoms with Crippen molar-refractivity contribution in [2.45, 2.75) is 13.8 Å². The Balaban J connectivity index is 0.000000222. The maximum Gasteiger partial charge on any atom is 0.270 e. The van der Waals surface area contributed by atoms with Gasteiger partial charge in [0.15, 0.2) is 0 Å². The number of nitrogens with zero attached hydrogens (tertiary/aromatic N) is 5. The summed E-state index contributed by atoms with van der Waals surface area (Å²) in [6.07, 6.45) is 0. The Hall–Kier alpha value is -6.16. The zero-order valence-corrected chi connectivity index (χ0v) is 21.0. The number of phenols is 1. The maximum atomic E-state index is 10.3. The van der Waals surface area contributed by atoms with E-state index in [-0.39, 0.29) is 16.8 Å². The number of non-ortho nitro benzene ring substituents is 1. The molecule has 0 amide bonds. The lowest BCUT2D eigenvalue weighted by Gasteiger charge is -2.07. The Morgan fingerprint density at radius 1 is 0.795 bits per heavy atom. The fourth-order valence-corrected chi connectivity index (χ4v) is 3.04. The lowest BCUT2D eigenvalue weighted by molar-refractivity contribution is -0.384. The summed E-state index contributed by atoms with van der Waals surface area (Å²) in [6.45, 7) is 10.9. The number of ether oxygens (including phenoxy) is 1. The van der Waals surface area contributed by atoms with Crippen molar-refractivity contribution in [2.24, 2.45) is 0 Å². The summed E-state index contributed by atoms with van der Waals surface area (Å²) in [6, 6.07) is 28.7. The summed E-state index contributed by atoms with van der Waals surface area (Å²) < 4.78 is 5.65. The lowest BCUT2D eigenvalue weighted by atomic mass is 10.1. The van der Waals surface area contributed by atoms with Gasteiger partial charge in [0.1, 0.15) is 29.4 Å². The number of nitro groups is 1. The zero-order chi connectivity index (χ0) is 28.8. The topological polar surface area (TPSA) is 148 Å². The SMILES string of the molecule is Cc1cccc(O)c1.N#Cc1ccc([N+](=O)[O-])cc1C#N.[C-]#[N+]c1cc(Oc2cccc(C)c2)ccc1C#N. The van der Waals surface area contributed by atoms with Crippen molar-refractivity contribution in [3.8, 4) is 35.5 Å². The molecule has 0 aliphatic carbocycles. The number of nitriles is 3. The second-order valence-electron chi connectivity index (χ2n) is 7.87. The van der Waals surface area contributed by atoms with Crippen LogP contribution < -0.4 is 4.74 Å². The summed E-state index contributed by atoms with van der Waals surface area (Å²) >= 11 is 0. The molecule has 9 heteroatoms. The average molecular weight is 516 g/mol. The van der Waals surface area contributed by atoms with E-state index in [9.17, 15) is 10.1 Å². The molecule has 4 aromatic rings. The number of aromatic hydroxyl groups is 1. The van der Waals surface area contributed by atoms with Crippen molar-refractivity contribution in [2.75, 3.05) is 0 Å². The summed E-state index contributed by atoms with van der Waals surface area (Å²) in [4.78, 5) is 13.0. The first kappa shape index (κ1) is 29.1. The van der Waals surface area contributed by atoms with Crippen LogP contribution in [0.3, 0.4) is 0 Å². The van der Waals surface area contributed by atoms with E-state index in [1.165, 1.54) is 12.1 Å². The van der Waals surface area contributed by atoms with Crippen LogP contribution in [0.15, 0.2) is 84.9 Å². The zero-order valence-electron chi connectivity index (χ0n) is 21.0. The normalized spacial score (nSPS) is 8.97. The summed E-state index contributed by atoms with van der Waals surface area (Å²) in [5.41, 5.74) is 2.85. The number of phenolic OH excluding ortho intramolecular Hbond substituents is 1. The maximum absolute atomic E-state index is 10.3. The number of rotatable bonds is 3. The van der Waals surface area contributed by atoms with Gasteiger partial charge in [-0.15, -0.1) is 0 Å². The molecule has 0 saturated heterocycles. The van der Waals surface area contributed by atoms with E-state index in [0.717, 1.165) is 22.9 Å². The molecule has 4 rings (SSSR count). The van der Waals surface area contributed by atoms with Crippen LogP contribution in [0.4, 0.5) is 11.4 Å². The van der Waals surface area contributed by atoms with Crippen LogP contribution in [-0.4, -0.2) is 10.0 Å². The van der Waals surface area contributed by atoms with Gasteiger partial charge in [0, 0.05) is 12.1 Å². The van der Waals surface area contributed by atoms with Crippen molar-refractivity contribution in [3.63, 3.8) is 0 Å². The summed E-state index contributed by atoms with van der Waals surface area (Å²) in [5, 5.41) is 45.0. The summed E-state index contributed by atoms with van der Waals surface area (Å²) in [5.74, 6) is 1.62. The number of benzene rings is 4. The number of aryl methyl sites for hydroxylation is 2. The molecule has 0 bridgehead atoms. The molecule has 39 heavy (non-hydrogen) atoms. The molecule has 0 spiro atoms. The third-order valence-corrected chi connectivity index (χ3v) is 4.89. The molecule has 0 aliphatic rings. The number of hydrogen-bond acceptors (Lipinski definition) is 7. The molecule has 4 aromatic carbocycles. The minimum Gasteiger partial charge on any atom is -0.508 e. The molecule has 0 fully saturated rings. The van der Waals surface area contributed by atoms with Crippen LogP contribution in [0.2, 0.25) is 0 Å². The van der Waals surface area contributed by atoms with Crippen LogP contribution >= 0.6 is 0 Å². The Morgan fingerprint density at radius 2 is 1.38 bits per heavy atom. The largest absolute Gasteiger partial charge is 0.508 e. The Morgan fingerprint density at radius 3 is 1.90 bits per heavy atom. The van der Waals surface area contributed by atoms with Crippen molar-refractivity contribution < 1.29 is 14.8 Å². The molecule has 0 saturated carbocycles. The predicted molar refractivity (Wildman–Crippen MR) is 144 cm³/mol. The first-order valence-corrected chi connectivity index (χ1v) is 11.2. The lowest BCUT2D eigenvalue weighted by Crippen LogP contribution is -1.90. The second-order valence-corrected chi connectivity index (χ2v) is 7.87. The van der Waals surface area contributed by atoms with Gasteiger partial charge in [-0.05, 0) is 67.4 Å². The van der Waals surface area contributed by atoms with Crippen molar-refractivity contribution in [1.29, 1.82) is 15.8 Å². The fourth-order valence-electron chi connectivity index (χ4n) is 3.04. The van der Waals surface area contributed by atoms with E-state index >= 15 is 0 Å². The smallest absolute Gasteiger partial charge is 0.270 e. The van der Waals surface area contributed by atoms with Crippen LogP contribution in [0.25, 0.3) is 4.85 Å². The third-order valence-electron chi connectivity index (χ3n) is 4.89. The molecule has 1 N–H and O–H groups in total. The quantitative estimate of drug-likeness (QED) is 0.171. The fraction of sp³-hybridized carbons (Fsp3) is 0.0667. The number of hydrogen-bond donors (Lipinski definition) is 1. The Bertz CT molecular complexity index is 1640. The van der Waals surface area contributed by atoms with E-state index < -0.39 is 4.92 Å². The highest BCUT2D eigenvalue weighted by Crippen LogP contribution is 2.28. The van der Waals surface area contributed by atoms with Gasteiger partial charge < -0.3 is 9.84 Å². The van der Waals surface area contributed by atoms with E-state index in [0.29, 0.717) is 22.7 Å². The molecule has 190 valence electrons. The van der Waals surface area contributed by atoms with E-state index in [2.05, 4.69) is 4.85 Å². The van der Waals surface area contributed by atoms with Gasteiger partial charge in [0.2, 0.25) is 5.69 Å². The van der Waals surface area contributed by atoms with Gasteiger partial charge in [0.05, 0.1) is 34.3 Å². The highest BCUT2D eigenvalue weighted by atomic mass is 16.6. The first-order chi connectivity index (χ1) is 18.7. The highest BCUT2D eigenvalue weighted by Gasteiger charge is 2.09. The van der Waals surface area contributed by atoms with Crippen molar-refractivity contribution in [3.05, 3.63) is 134 Å². The Labute approximate surface area is 225 Å². The van der Waals surface area contributed by atoms with Crippen molar-refractivity contribution >= 4 is 11.4 Å². The van der Waals surface area contributed by atoms with E-state index in [1.54, 1.807) is 42.5 Å². The standard InChI is InChI=1S/C15H10N2O.C8H3N3O2.C7H8O/c1-11-4-3-5-13(8-11)18-14-7-6-12(10-16)15(9-14)17-2;9-4-6-1-2-8(11(12)13)3-7(6)5-10;1-6-3-2-4-7(8)5-6/h3-9H,1H3;1-3H;2-5,8H,1H3. The average Bonchev–Trinajstić information content (AvgIpc) is 2.93. The Kier molecular flexibility index (Phi) is 10.7. The number of nitro benzene ring substituents is 1. The van der Waals surface area contributed by atoms with E-state index in [1.807, 2.05) is 56.3 Å². The molecule has 0 heterocycles. The van der Waals surface area contributed by atoms with Crippen LogP contribution in [-0.2, 0) is 0 Å². The van der Waals surface area contributed by atoms with Gasteiger partial charge in [-0.3, -0.25) is 10.1 Å². The van der Waals surface area contributed by atoms with Gasteiger partial charge >= 0.3 is 0 Å². The van der Waals surface area contributed by atoms with Crippen LogP contribution in [0.1, 0.15) is 27.8 Å². The monoisotopic (exact) mass is 515 g/mol. The van der Waals surface area contributed by atoms with Crippen molar-refractivity contribution in [1.82, 2.24) is 0 Å². The molecule has 0 radical (unpaired) electrons.